The third-order valence-electron chi connectivity index (χ3n) is 4.55. The summed E-state index contributed by atoms with van der Waals surface area (Å²) in [6.45, 7) is 3.46. The van der Waals surface area contributed by atoms with Crippen molar-refractivity contribution in [3.05, 3.63) is 34.3 Å². The van der Waals surface area contributed by atoms with Crippen molar-refractivity contribution in [2.45, 2.75) is 30.8 Å². The summed E-state index contributed by atoms with van der Waals surface area (Å²) in [6, 6.07) is 8.31. The molecule has 1 atom stereocenters. The van der Waals surface area contributed by atoms with E-state index in [4.69, 9.17) is 9.47 Å². The fourth-order valence-corrected chi connectivity index (χ4v) is 3.53. The second kappa shape index (κ2) is 9.15. The summed E-state index contributed by atoms with van der Waals surface area (Å²) in [4.78, 5) is 12.6. The van der Waals surface area contributed by atoms with Crippen LogP contribution in [0.1, 0.15) is 24.8 Å². The van der Waals surface area contributed by atoms with Crippen molar-refractivity contribution in [3.63, 3.8) is 0 Å². The third-order valence-corrected chi connectivity index (χ3v) is 5.08. The Morgan fingerprint density at radius 3 is 2.54 bits per heavy atom. The van der Waals surface area contributed by atoms with Crippen molar-refractivity contribution in [1.29, 1.82) is 0 Å². The van der Waals surface area contributed by atoms with Crippen LogP contribution in [-0.4, -0.2) is 44.9 Å². The minimum atomic E-state index is -0.328. The van der Waals surface area contributed by atoms with Gasteiger partial charge >= 0.3 is 0 Å². The van der Waals surface area contributed by atoms with Crippen LogP contribution < -0.4 is 10.6 Å². The predicted octanol–water partition coefficient (Wildman–Crippen LogP) is 2.37. The van der Waals surface area contributed by atoms with Crippen LogP contribution in [0.3, 0.4) is 0 Å². The maximum absolute atomic E-state index is 12.6. The number of halogens is 2. The number of rotatable bonds is 4. The fourth-order valence-electron chi connectivity index (χ4n) is 3.27. The first kappa shape index (κ1) is 19.7. The zero-order valence-corrected chi connectivity index (χ0v) is 16.0. The van der Waals surface area contributed by atoms with E-state index in [1.165, 1.54) is 0 Å². The zero-order chi connectivity index (χ0) is 16.1. The Balaban J connectivity index is 0.00000208. The topological polar surface area (TPSA) is 59.6 Å². The predicted molar refractivity (Wildman–Crippen MR) is 98.5 cm³/mol. The molecule has 0 bridgehead atoms. The Labute approximate surface area is 157 Å². The van der Waals surface area contributed by atoms with Gasteiger partial charge in [-0.05, 0) is 30.5 Å². The van der Waals surface area contributed by atoms with Gasteiger partial charge in [-0.1, -0.05) is 28.1 Å². The molecule has 0 saturated carbocycles. The summed E-state index contributed by atoms with van der Waals surface area (Å²) < 4.78 is 12.0. The van der Waals surface area contributed by atoms with E-state index in [1.807, 2.05) is 12.1 Å². The molecule has 0 aromatic heterocycles. The van der Waals surface area contributed by atoms with Crippen molar-refractivity contribution in [3.8, 4) is 0 Å². The standard InChI is InChI=1S/C17H23BrN2O3.ClH/c18-14-3-1-13(2-4-14)17(5-8-22-9-6-17)20-16(21)11-15-12-23-10-7-19-15;/h1-4,15,19H,5-12H2,(H,20,21);1H. The highest BCUT2D eigenvalue weighted by Crippen LogP contribution is 2.33. The number of hydrogen-bond acceptors (Lipinski definition) is 4. The Kier molecular flexibility index (Phi) is 7.50. The molecule has 24 heavy (non-hydrogen) atoms. The van der Waals surface area contributed by atoms with Gasteiger partial charge in [0.25, 0.3) is 0 Å². The Hall–Kier alpha value is -0.660. The molecule has 1 aromatic rings. The molecule has 2 aliphatic rings. The number of nitrogens with one attached hydrogen (secondary N) is 2. The lowest BCUT2D eigenvalue weighted by molar-refractivity contribution is -0.125. The summed E-state index contributed by atoms with van der Waals surface area (Å²) in [5.74, 6) is 0.0674. The highest BCUT2D eigenvalue weighted by molar-refractivity contribution is 9.10. The number of amides is 1. The molecular weight excluding hydrogens is 396 g/mol. The molecule has 2 aliphatic heterocycles. The minimum Gasteiger partial charge on any atom is -0.381 e. The second-order valence-electron chi connectivity index (χ2n) is 6.18. The van der Waals surface area contributed by atoms with Gasteiger partial charge in [-0.25, -0.2) is 0 Å². The molecule has 3 rings (SSSR count). The highest BCUT2D eigenvalue weighted by atomic mass is 79.9. The van der Waals surface area contributed by atoms with Crippen molar-refractivity contribution >= 4 is 34.2 Å². The first-order chi connectivity index (χ1) is 11.2. The van der Waals surface area contributed by atoms with Gasteiger partial charge in [-0.2, -0.15) is 0 Å². The first-order valence-electron chi connectivity index (χ1n) is 8.14. The molecule has 1 amide bonds. The van der Waals surface area contributed by atoms with Gasteiger partial charge in [-0.15, -0.1) is 12.4 Å². The molecule has 0 spiro atoms. The SMILES string of the molecule is Cl.O=C(CC1COCCN1)NC1(c2ccc(Br)cc2)CCOCC1. The number of benzene rings is 1. The molecular formula is C17H24BrClN2O3. The van der Waals surface area contributed by atoms with Gasteiger partial charge in [0.05, 0.1) is 18.8 Å². The van der Waals surface area contributed by atoms with E-state index in [9.17, 15) is 4.79 Å². The van der Waals surface area contributed by atoms with Gasteiger partial charge in [0.2, 0.25) is 5.91 Å². The molecule has 2 heterocycles. The van der Waals surface area contributed by atoms with E-state index in [0.717, 1.165) is 36.0 Å². The molecule has 134 valence electrons. The van der Waals surface area contributed by atoms with Crippen LogP contribution in [0.5, 0.6) is 0 Å². The zero-order valence-electron chi connectivity index (χ0n) is 13.6. The van der Waals surface area contributed by atoms with Gasteiger partial charge in [0.1, 0.15) is 0 Å². The van der Waals surface area contributed by atoms with Gasteiger partial charge in [0.15, 0.2) is 0 Å². The Bertz CT molecular complexity index is 529. The van der Waals surface area contributed by atoms with Crippen LogP contribution in [0.25, 0.3) is 0 Å². The Morgan fingerprint density at radius 1 is 1.21 bits per heavy atom. The minimum absolute atomic E-state index is 0. The molecule has 5 nitrogen and oxygen atoms in total. The van der Waals surface area contributed by atoms with Gasteiger partial charge in [0, 0.05) is 36.7 Å². The van der Waals surface area contributed by atoms with E-state index in [0.29, 0.717) is 26.2 Å². The Morgan fingerprint density at radius 2 is 1.92 bits per heavy atom. The summed E-state index contributed by atoms with van der Waals surface area (Å²) in [5.41, 5.74) is 0.816. The summed E-state index contributed by atoms with van der Waals surface area (Å²) >= 11 is 3.47. The van der Waals surface area contributed by atoms with E-state index in [2.05, 4.69) is 38.7 Å². The molecule has 2 fully saturated rings. The number of hydrogen-bond donors (Lipinski definition) is 2. The number of morpholine rings is 1. The maximum atomic E-state index is 12.6. The lowest BCUT2D eigenvalue weighted by atomic mass is 9.82. The van der Waals surface area contributed by atoms with Gasteiger partial charge in [-0.3, -0.25) is 4.79 Å². The van der Waals surface area contributed by atoms with Crippen LogP contribution in [0.2, 0.25) is 0 Å². The monoisotopic (exact) mass is 418 g/mol. The lowest BCUT2D eigenvalue weighted by Crippen LogP contribution is -2.52. The van der Waals surface area contributed by atoms with E-state index >= 15 is 0 Å². The van der Waals surface area contributed by atoms with Crippen molar-refractivity contribution in [1.82, 2.24) is 10.6 Å². The van der Waals surface area contributed by atoms with Crippen LogP contribution >= 0.6 is 28.3 Å². The quantitative estimate of drug-likeness (QED) is 0.787. The van der Waals surface area contributed by atoms with Crippen LogP contribution in [0.4, 0.5) is 0 Å². The van der Waals surface area contributed by atoms with Crippen molar-refractivity contribution in [2.24, 2.45) is 0 Å². The molecule has 2 N–H and O–H groups in total. The third kappa shape index (κ3) is 4.92. The molecule has 7 heteroatoms. The molecule has 2 saturated heterocycles. The van der Waals surface area contributed by atoms with Crippen LogP contribution in [-0.2, 0) is 19.8 Å². The van der Waals surface area contributed by atoms with Crippen molar-refractivity contribution < 1.29 is 14.3 Å². The molecule has 0 aliphatic carbocycles. The van der Waals surface area contributed by atoms with E-state index < -0.39 is 0 Å². The molecule has 0 radical (unpaired) electrons. The number of ether oxygens (including phenoxy) is 2. The molecule has 1 unspecified atom stereocenters. The second-order valence-corrected chi connectivity index (χ2v) is 7.10. The van der Waals surface area contributed by atoms with Gasteiger partial charge < -0.3 is 20.1 Å². The summed E-state index contributed by atoms with van der Waals surface area (Å²) in [5, 5.41) is 6.62. The first-order valence-corrected chi connectivity index (χ1v) is 8.93. The van der Waals surface area contributed by atoms with Crippen LogP contribution in [0.15, 0.2) is 28.7 Å². The molecule has 1 aromatic carbocycles. The maximum Gasteiger partial charge on any atom is 0.222 e. The number of carbonyl (C=O) groups is 1. The van der Waals surface area contributed by atoms with Crippen LogP contribution in [0, 0.1) is 0 Å². The average molecular weight is 420 g/mol. The highest BCUT2D eigenvalue weighted by Gasteiger charge is 2.36. The average Bonchev–Trinajstić information content (AvgIpc) is 2.57. The lowest BCUT2D eigenvalue weighted by Gasteiger charge is -2.39. The summed E-state index contributed by atoms with van der Waals surface area (Å²) in [7, 11) is 0. The number of carbonyl (C=O) groups excluding carboxylic acids is 1. The van der Waals surface area contributed by atoms with Crippen molar-refractivity contribution in [2.75, 3.05) is 33.0 Å². The fraction of sp³-hybridized carbons (Fsp3) is 0.588. The largest absolute Gasteiger partial charge is 0.381 e. The smallest absolute Gasteiger partial charge is 0.222 e. The normalized spacial score (nSPS) is 23.1. The summed E-state index contributed by atoms with van der Waals surface area (Å²) in [6.07, 6.45) is 2.04. The van der Waals surface area contributed by atoms with E-state index in [1.54, 1.807) is 0 Å². The van der Waals surface area contributed by atoms with E-state index in [-0.39, 0.29) is 29.9 Å².